The van der Waals surface area contributed by atoms with Crippen LogP contribution in [0.25, 0.3) is 0 Å². The molecule has 1 aliphatic carbocycles. The van der Waals surface area contributed by atoms with Gasteiger partial charge in [-0.2, -0.15) is 0 Å². The van der Waals surface area contributed by atoms with Crippen LogP contribution in [0.3, 0.4) is 0 Å². The molecule has 2 N–H and O–H groups in total. The molecule has 106 valence electrons. The summed E-state index contributed by atoms with van der Waals surface area (Å²) in [7, 11) is -3.04. The topological polar surface area (TPSA) is 77.2 Å². The Labute approximate surface area is 110 Å². The lowest BCUT2D eigenvalue weighted by Gasteiger charge is -2.31. The summed E-state index contributed by atoms with van der Waals surface area (Å²) in [5, 5.41) is 0. The third-order valence-corrected chi connectivity index (χ3v) is 4.72. The van der Waals surface area contributed by atoms with E-state index in [0.717, 1.165) is 12.8 Å². The number of carbonyl (C=O) groups is 1. The average Bonchev–Trinajstić information content (AvgIpc) is 2.22. The second-order valence-electron chi connectivity index (χ2n) is 6.04. The summed E-state index contributed by atoms with van der Waals surface area (Å²) in [5.74, 6) is 1.20. The van der Waals surface area contributed by atoms with Crippen molar-refractivity contribution in [1.82, 2.24) is 0 Å². The Bertz CT molecular complexity index is 381. The van der Waals surface area contributed by atoms with Gasteiger partial charge < -0.3 is 5.73 Å². The molecule has 0 aromatic rings. The van der Waals surface area contributed by atoms with E-state index in [1.54, 1.807) is 0 Å². The van der Waals surface area contributed by atoms with Crippen LogP contribution in [0, 0.1) is 17.8 Å². The number of nitrogens with two attached hydrogens (primary N) is 1. The quantitative estimate of drug-likeness (QED) is 0.822. The van der Waals surface area contributed by atoms with Crippen LogP contribution >= 0.6 is 0 Å². The van der Waals surface area contributed by atoms with Crippen molar-refractivity contribution in [1.29, 1.82) is 0 Å². The molecule has 1 rings (SSSR count). The van der Waals surface area contributed by atoms with Crippen LogP contribution in [-0.2, 0) is 14.6 Å². The first-order valence-electron chi connectivity index (χ1n) is 6.66. The minimum Gasteiger partial charge on any atom is -0.321 e. The molecule has 0 radical (unpaired) electrons. The lowest BCUT2D eigenvalue weighted by Crippen LogP contribution is -2.39. The van der Waals surface area contributed by atoms with Gasteiger partial charge in [0.05, 0.1) is 11.8 Å². The first-order valence-corrected chi connectivity index (χ1v) is 8.72. The fourth-order valence-electron chi connectivity index (χ4n) is 2.97. The minimum atomic E-state index is -3.04. The maximum atomic E-state index is 12.2. The van der Waals surface area contributed by atoms with Crippen LogP contribution in [-0.4, -0.2) is 32.3 Å². The van der Waals surface area contributed by atoms with Crippen molar-refractivity contribution in [3.63, 3.8) is 0 Å². The fourth-order valence-corrected chi connectivity index (χ4v) is 3.65. The highest BCUT2D eigenvalue weighted by molar-refractivity contribution is 7.90. The van der Waals surface area contributed by atoms with Crippen molar-refractivity contribution in [2.45, 2.75) is 45.6 Å². The van der Waals surface area contributed by atoms with Gasteiger partial charge in [0.25, 0.3) is 0 Å². The molecular formula is C13H25NO3S. The molecule has 0 aliphatic heterocycles. The highest BCUT2D eigenvalue weighted by Crippen LogP contribution is 2.33. The number of hydrogen-bond donors (Lipinski definition) is 1. The predicted octanol–water partition coefficient (Wildman–Crippen LogP) is 1.39. The zero-order valence-corrected chi connectivity index (χ0v) is 12.4. The largest absolute Gasteiger partial charge is 0.321 e. The predicted molar refractivity (Wildman–Crippen MR) is 73.0 cm³/mol. The van der Waals surface area contributed by atoms with E-state index in [0.29, 0.717) is 11.8 Å². The molecule has 1 saturated carbocycles. The maximum Gasteiger partial charge on any atom is 0.152 e. The molecule has 5 heteroatoms. The van der Waals surface area contributed by atoms with Gasteiger partial charge in [-0.1, -0.05) is 13.8 Å². The summed E-state index contributed by atoms with van der Waals surface area (Å²) >= 11 is 0. The zero-order valence-electron chi connectivity index (χ0n) is 11.6. The number of Topliss-reactive ketones (excluding diaryl/α,β-unsaturated/α-hetero) is 1. The first kappa shape index (κ1) is 15.6. The molecule has 3 atom stereocenters. The zero-order chi connectivity index (χ0) is 13.9. The van der Waals surface area contributed by atoms with E-state index in [1.807, 2.05) is 0 Å². The molecule has 18 heavy (non-hydrogen) atoms. The SMILES string of the molecule is CC1CC(C)CC(C(=O)C(N)CCS(C)(=O)=O)C1. The summed E-state index contributed by atoms with van der Waals surface area (Å²) in [6.07, 6.45) is 4.39. The van der Waals surface area contributed by atoms with Gasteiger partial charge in [-0.15, -0.1) is 0 Å². The average molecular weight is 275 g/mol. The van der Waals surface area contributed by atoms with E-state index >= 15 is 0 Å². The molecule has 3 unspecified atom stereocenters. The highest BCUT2D eigenvalue weighted by atomic mass is 32.2. The summed E-state index contributed by atoms with van der Waals surface area (Å²) in [6, 6.07) is -0.623. The molecule has 0 bridgehead atoms. The number of carbonyl (C=O) groups excluding carboxylic acids is 1. The molecule has 0 amide bonds. The summed E-state index contributed by atoms with van der Waals surface area (Å²) in [5.41, 5.74) is 5.83. The van der Waals surface area contributed by atoms with Gasteiger partial charge >= 0.3 is 0 Å². The van der Waals surface area contributed by atoms with Crippen LogP contribution in [0.2, 0.25) is 0 Å². The Kier molecular flexibility index (Phi) is 5.34. The minimum absolute atomic E-state index is 0.00225. The Morgan fingerprint density at radius 2 is 1.72 bits per heavy atom. The van der Waals surface area contributed by atoms with Crippen molar-refractivity contribution in [3.8, 4) is 0 Å². The molecular weight excluding hydrogens is 250 g/mol. The van der Waals surface area contributed by atoms with Crippen LogP contribution in [0.1, 0.15) is 39.5 Å². The fraction of sp³-hybridized carbons (Fsp3) is 0.923. The van der Waals surface area contributed by atoms with Gasteiger partial charge in [-0.3, -0.25) is 4.79 Å². The van der Waals surface area contributed by atoms with Crippen molar-refractivity contribution in [2.24, 2.45) is 23.5 Å². The van der Waals surface area contributed by atoms with Gasteiger partial charge in [-0.05, 0) is 37.5 Å². The Balaban J connectivity index is 2.52. The lowest BCUT2D eigenvalue weighted by molar-refractivity contribution is -0.126. The van der Waals surface area contributed by atoms with Gasteiger partial charge in [0.15, 0.2) is 5.78 Å². The second-order valence-corrected chi connectivity index (χ2v) is 8.30. The van der Waals surface area contributed by atoms with Crippen molar-refractivity contribution in [3.05, 3.63) is 0 Å². The Morgan fingerprint density at radius 3 is 2.17 bits per heavy atom. The van der Waals surface area contributed by atoms with Crippen molar-refractivity contribution in [2.75, 3.05) is 12.0 Å². The molecule has 0 spiro atoms. The third-order valence-electron chi connectivity index (χ3n) is 3.75. The van der Waals surface area contributed by atoms with Crippen LogP contribution in [0.4, 0.5) is 0 Å². The number of hydrogen-bond acceptors (Lipinski definition) is 4. The Morgan fingerprint density at radius 1 is 1.22 bits per heavy atom. The van der Waals surface area contributed by atoms with E-state index < -0.39 is 15.9 Å². The van der Waals surface area contributed by atoms with E-state index in [2.05, 4.69) is 13.8 Å². The molecule has 4 nitrogen and oxygen atoms in total. The smallest absolute Gasteiger partial charge is 0.152 e. The van der Waals surface area contributed by atoms with Gasteiger partial charge in [0.1, 0.15) is 9.84 Å². The monoisotopic (exact) mass is 275 g/mol. The first-order chi connectivity index (χ1) is 8.19. The molecule has 0 aromatic carbocycles. The van der Waals surface area contributed by atoms with Gasteiger partial charge in [0, 0.05) is 12.2 Å². The van der Waals surface area contributed by atoms with E-state index in [4.69, 9.17) is 5.73 Å². The summed E-state index contributed by atoms with van der Waals surface area (Å²) in [4.78, 5) is 12.2. The van der Waals surface area contributed by atoms with Crippen LogP contribution < -0.4 is 5.73 Å². The molecule has 1 fully saturated rings. The van der Waals surface area contributed by atoms with Crippen LogP contribution in [0.5, 0.6) is 0 Å². The number of sulfone groups is 1. The van der Waals surface area contributed by atoms with Gasteiger partial charge in [0.2, 0.25) is 0 Å². The summed E-state index contributed by atoms with van der Waals surface area (Å²) in [6.45, 7) is 4.33. The highest BCUT2D eigenvalue weighted by Gasteiger charge is 2.31. The maximum absolute atomic E-state index is 12.2. The molecule has 1 aliphatic rings. The number of rotatable bonds is 5. The summed E-state index contributed by atoms with van der Waals surface area (Å²) < 4.78 is 22.1. The van der Waals surface area contributed by atoms with Crippen molar-refractivity contribution < 1.29 is 13.2 Å². The normalized spacial score (nSPS) is 31.0. The van der Waals surface area contributed by atoms with E-state index in [-0.39, 0.29) is 23.9 Å². The van der Waals surface area contributed by atoms with Gasteiger partial charge in [-0.25, -0.2) is 8.42 Å². The molecule has 0 heterocycles. The van der Waals surface area contributed by atoms with E-state index in [9.17, 15) is 13.2 Å². The second kappa shape index (κ2) is 6.15. The van der Waals surface area contributed by atoms with Crippen molar-refractivity contribution >= 4 is 15.6 Å². The molecule has 0 saturated heterocycles. The van der Waals surface area contributed by atoms with Crippen LogP contribution in [0.15, 0.2) is 0 Å². The molecule has 0 aromatic heterocycles. The third kappa shape index (κ3) is 5.06. The lowest BCUT2D eigenvalue weighted by atomic mass is 9.74. The number of ketones is 1. The standard InChI is InChI=1S/C13H25NO3S/c1-9-6-10(2)8-11(7-9)13(15)12(14)4-5-18(3,16)17/h9-12H,4-8,14H2,1-3H3. The van der Waals surface area contributed by atoms with E-state index in [1.165, 1.54) is 12.7 Å². The Hall–Kier alpha value is -0.420.